The van der Waals surface area contributed by atoms with Gasteiger partial charge < -0.3 is 4.74 Å². The maximum absolute atomic E-state index is 13.3. The zero-order valence-corrected chi connectivity index (χ0v) is 14.3. The molecule has 0 aliphatic carbocycles. The van der Waals surface area contributed by atoms with Crippen LogP contribution in [0.2, 0.25) is 0 Å². The van der Waals surface area contributed by atoms with Gasteiger partial charge in [-0.05, 0) is 36.8 Å². The van der Waals surface area contributed by atoms with Crippen LogP contribution in [0.4, 0.5) is 8.78 Å². The highest BCUT2D eigenvalue weighted by Gasteiger charge is 2.23. The Bertz CT molecular complexity index is 850. The average molecular weight is 370 g/mol. The third-order valence-electron chi connectivity index (χ3n) is 3.52. The summed E-state index contributed by atoms with van der Waals surface area (Å²) in [4.78, 5) is 15.3. The summed E-state index contributed by atoms with van der Waals surface area (Å²) in [6.45, 7) is 1.19. The maximum atomic E-state index is 13.3. The number of pyridine rings is 1. The number of nitrogens with zero attached hydrogens (tertiary/aromatic N) is 1. The molecule has 1 atom stereocenters. The summed E-state index contributed by atoms with van der Waals surface area (Å²) >= 11 is 0. The van der Waals surface area contributed by atoms with Crippen molar-refractivity contribution in [1.82, 2.24) is 9.71 Å². The Morgan fingerprint density at radius 1 is 1.24 bits per heavy atom. The summed E-state index contributed by atoms with van der Waals surface area (Å²) in [6, 6.07) is 5.53. The van der Waals surface area contributed by atoms with Crippen LogP contribution in [0.3, 0.4) is 0 Å². The van der Waals surface area contributed by atoms with Crippen molar-refractivity contribution >= 4 is 16.0 Å². The average Bonchev–Trinajstić information content (AvgIpc) is 2.58. The molecule has 0 aliphatic rings. The normalized spacial score (nSPS) is 12.6. The molecule has 9 heteroatoms. The second kappa shape index (κ2) is 7.66. The Kier molecular flexibility index (Phi) is 5.81. The van der Waals surface area contributed by atoms with Crippen molar-refractivity contribution in [3.63, 3.8) is 0 Å². The molecule has 0 aliphatic heterocycles. The second-order valence-corrected chi connectivity index (χ2v) is 7.33. The van der Waals surface area contributed by atoms with Gasteiger partial charge in [0.25, 0.3) is 0 Å². The Balaban J connectivity index is 2.09. The van der Waals surface area contributed by atoms with Crippen LogP contribution in [-0.2, 0) is 21.3 Å². The van der Waals surface area contributed by atoms with E-state index in [1.54, 1.807) is 0 Å². The van der Waals surface area contributed by atoms with E-state index >= 15 is 0 Å². The van der Waals surface area contributed by atoms with Gasteiger partial charge in [0.1, 0.15) is 11.6 Å². The first-order chi connectivity index (χ1) is 11.7. The molecule has 1 unspecified atom stereocenters. The molecular weight excluding hydrogens is 354 g/mol. The fraction of sp³-hybridized carbons (Fsp3) is 0.250. The molecule has 2 aromatic rings. The SMILES string of the molecule is COC(=O)c1ccc(CNS(=O)(=O)C(C)c2cc(F)cc(F)c2)nc1. The highest BCUT2D eigenvalue weighted by Crippen LogP contribution is 2.23. The number of aromatic nitrogens is 1. The van der Waals surface area contributed by atoms with E-state index in [0.717, 1.165) is 12.1 Å². The van der Waals surface area contributed by atoms with E-state index in [2.05, 4.69) is 14.4 Å². The van der Waals surface area contributed by atoms with Crippen LogP contribution < -0.4 is 4.72 Å². The Labute approximate surface area is 143 Å². The molecule has 1 aromatic heterocycles. The summed E-state index contributed by atoms with van der Waals surface area (Å²) in [6.07, 6.45) is 1.26. The van der Waals surface area contributed by atoms with Gasteiger partial charge in [0.2, 0.25) is 10.0 Å². The van der Waals surface area contributed by atoms with E-state index in [1.807, 2.05) is 0 Å². The van der Waals surface area contributed by atoms with Gasteiger partial charge in [-0.3, -0.25) is 4.98 Å². The van der Waals surface area contributed by atoms with Crippen LogP contribution in [0.25, 0.3) is 0 Å². The van der Waals surface area contributed by atoms with Crippen LogP contribution in [-0.4, -0.2) is 26.5 Å². The first-order valence-electron chi connectivity index (χ1n) is 7.20. The van der Waals surface area contributed by atoms with Crippen LogP contribution in [0.5, 0.6) is 0 Å². The minimum atomic E-state index is -3.89. The Morgan fingerprint density at radius 2 is 1.88 bits per heavy atom. The van der Waals surface area contributed by atoms with E-state index in [0.29, 0.717) is 11.8 Å². The second-order valence-electron chi connectivity index (χ2n) is 5.24. The fourth-order valence-corrected chi connectivity index (χ4v) is 3.15. The van der Waals surface area contributed by atoms with E-state index in [4.69, 9.17) is 0 Å². The number of hydrogen-bond donors (Lipinski definition) is 1. The van der Waals surface area contributed by atoms with E-state index in [-0.39, 0.29) is 17.7 Å². The molecular formula is C16H16F2N2O4S. The monoisotopic (exact) mass is 370 g/mol. The lowest BCUT2D eigenvalue weighted by atomic mass is 10.1. The fourth-order valence-electron chi connectivity index (χ4n) is 2.06. The molecule has 0 radical (unpaired) electrons. The quantitative estimate of drug-likeness (QED) is 0.789. The maximum Gasteiger partial charge on any atom is 0.339 e. The molecule has 1 aromatic carbocycles. The third kappa shape index (κ3) is 4.80. The van der Waals surface area contributed by atoms with Gasteiger partial charge in [-0.25, -0.2) is 26.7 Å². The molecule has 1 heterocycles. The number of ether oxygens (including phenoxy) is 1. The number of esters is 1. The number of carbonyl (C=O) groups excluding carboxylic acids is 1. The number of nitrogens with one attached hydrogen (secondary N) is 1. The lowest BCUT2D eigenvalue weighted by Gasteiger charge is -2.14. The Hall–Kier alpha value is -2.39. The van der Waals surface area contributed by atoms with Crippen molar-refractivity contribution in [3.8, 4) is 0 Å². The number of benzene rings is 1. The first kappa shape index (κ1) is 18.9. The van der Waals surface area contributed by atoms with Gasteiger partial charge in [0.15, 0.2) is 0 Å². The van der Waals surface area contributed by atoms with Crippen molar-refractivity contribution in [2.45, 2.75) is 18.7 Å². The van der Waals surface area contributed by atoms with Crippen molar-refractivity contribution in [3.05, 3.63) is 65.0 Å². The summed E-state index contributed by atoms with van der Waals surface area (Å²) in [5, 5.41) is -1.16. The summed E-state index contributed by atoms with van der Waals surface area (Å²) < 4.78 is 58.0. The molecule has 0 saturated heterocycles. The minimum Gasteiger partial charge on any atom is -0.465 e. The van der Waals surface area contributed by atoms with Crippen molar-refractivity contribution in [2.24, 2.45) is 0 Å². The molecule has 2 rings (SSSR count). The minimum absolute atomic E-state index is 0.000927. The summed E-state index contributed by atoms with van der Waals surface area (Å²) in [5.41, 5.74) is 0.602. The molecule has 0 saturated carbocycles. The van der Waals surface area contributed by atoms with Gasteiger partial charge in [0.05, 0.1) is 30.2 Å². The van der Waals surface area contributed by atoms with Crippen LogP contribution >= 0.6 is 0 Å². The van der Waals surface area contributed by atoms with Gasteiger partial charge in [0, 0.05) is 12.3 Å². The number of rotatable bonds is 6. The highest BCUT2D eigenvalue weighted by molar-refractivity contribution is 7.89. The van der Waals surface area contributed by atoms with E-state index < -0.39 is 32.9 Å². The van der Waals surface area contributed by atoms with E-state index in [9.17, 15) is 22.0 Å². The molecule has 0 spiro atoms. The molecule has 134 valence electrons. The number of carbonyl (C=O) groups is 1. The third-order valence-corrected chi connectivity index (χ3v) is 5.27. The van der Waals surface area contributed by atoms with Crippen LogP contribution in [0, 0.1) is 11.6 Å². The van der Waals surface area contributed by atoms with Gasteiger partial charge in [-0.1, -0.05) is 0 Å². The zero-order chi connectivity index (χ0) is 18.6. The predicted octanol–water partition coefficient (Wildman–Crippen LogP) is 2.33. The molecule has 1 N–H and O–H groups in total. The van der Waals surface area contributed by atoms with E-state index in [1.165, 1.54) is 32.4 Å². The number of sulfonamides is 1. The smallest absolute Gasteiger partial charge is 0.339 e. The molecule has 0 fully saturated rings. The van der Waals surface area contributed by atoms with Crippen molar-refractivity contribution in [2.75, 3.05) is 7.11 Å². The van der Waals surface area contributed by atoms with Gasteiger partial charge in [-0.15, -0.1) is 0 Å². The predicted molar refractivity (Wildman–Crippen MR) is 86.1 cm³/mol. The first-order valence-corrected chi connectivity index (χ1v) is 8.75. The number of methoxy groups -OCH3 is 1. The lowest BCUT2D eigenvalue weighted by molar-refractivity contribution is 0.0600. The lowest BCUT2D eigenvalue weighted by Crippen LogP contribution is -2.28. The summed E-state index contributed by atoms with van der Waals surface area (Å²) in [7, 11) is -2.65. The molecule has 25 heavy (non-hydrogen) atoms. The Morgan fingerprint density at radius 3 is 2.40 bits per heavy atom. The summed E-state index contributed by atoms with van der Waals surface area (Å²) in [5.74, 6) is -2.25. The topological polar surface area (TPSA) is 85.4 Å². The molecule has 0 amide bonds. The zero-order valence-electron chi connectivity index (χ0n) is 13.5. The van der Waals surface area contributed by atoms with Gasteiger partial charge >= 0.3 is 5.97 Å². The molecule has 0 bridgehead atoms. The van der Waals surface area contributed by atoms with Crippen molar-refractivity contribution in [1.29, 1.82) is 0 Å². The standard InChI is InChI=1S/C16H16F2N2O4S/c1-10(12-5-13(17)7-14(18)6-12)25(22,23)20-9-15-4-3-11(8-19-15)16(21)24-2/h3-8,10,20H,9H2,1-2H3. The van der Waals surface area contributed by atoms with Gasteiger partial charge in [-0.2, -0.15) is 0 Å². The van der Waals surface area contributed by atoms with Crippen LogP contribution in [0.1, 0.15) is 33.8 Å². The number of hydrogen-bond acceptors (Lipinski definition) is 5. The largest absolute Gasteiger partial charge is 0.465 e. The highest BCUT2D eigenvalue weighted by atomic mass is 32.2. The molecule has 6 nitrogen and oxygen atoms in total. The van der Waals surface area contributed by atoms with Crippen LogP contribution in [0.15, 0.2) is 36.5 Å². The number of halogens is 2. The van der Waals surface area contributed by atoms with Crippen molar-refractivity contribution < 1.29 is 26.7 Å².